The topological polar surface area (TPSA) is 138 Å². The summed E-state index contributed by atoms with van der Waals surface area (Å²) in [5.41, 5.74) is -0.973. The number of nitrogens with one attached hydrogen (secondary N) is 3. The number of non-ortho nitro benzene ring substituents is 1. The molecule has 0 spiro atoms. The number of benzene rings is 3. The van der Waals surface area contributed by atoms with Crippen LogP contribution in [0.25, 0.3) is 21.8 Å². The lowest BCUT2D eigenvalue weighted by Gasteiger charge is -2.10. The van der Waals surface area contributed by atoms with E-state index in [0.29, 0.717) is 11.1 Å². The number of hydrogen-bond donors (Lipinski definition) is 3. The van der Waals surface area contributed by atoms with Gasteiger partial charge in [-0.3, -0.25) is 24.5 Å². The maximum atomic E-state index is 12.7. The Hall–Kier alpha value is -4.27. The second kappa shape index (κ2) is 7.04. The Balaban J connectivity index is 1.73. The molecule has 0 aliphatic rings. The van der Waals surface area contributed by atoms with Crippen molar-refractivity contribution in [3.05, 3.63) is 96.5 Å². The summed E-state index contributed by atoms with van der Waals surface area (Å²) in [7, 11) is 0. The Morgan fingerprint density at radius 3 is 2.52 bits per heavy atom. The fourth-order valence-corrected chi connectivity index (χ4v) is 3.22. The van der Waals surface area contributed by atoms with Crippen molar-refractivity contribution in [2.75, 3.05) is 0 Å². The number of H-pyrrole nitrogens is 2. The first-order valence-electron chi connectivity index (χ1n) is 8.63. The molecule has 1 heterocycles. The molecule has 0 saturated carbocycles. The second-order valence-corrected chi connectivity index (χ2v) is 6.40. The average Bonchev–Trinajstić information content (AvgIpc) is 2.72. The Morgan fingerprint density at radius 2 is 1.72 bits per heavy atom. The Labute approximate surface area is 162 Å². The van der Waals surface area contributed by atoms with Gasteiger partial charge in [0.15, 0.2) is 0 Å². The van der Waals surface area contributed by atoms with Gasteiger partial charge in [-0.25, -0.2) is 0 Å². The third-order valence-corrected chi connectivity index (χ3v) is 4.58. The van der Waals surface area contributed by atoms with Crippen LogP contribution in [0.3, 0.4) is 0 Å². The van der Waals surface area contributed by atoms with Gasteiger partial charge in [0.1, 0.15) is 0 Å². The Bertz CT molecular complexity index is 1400. The molecule has 0 radical (unpaired) electrons. The highest BCUT2D eigenvalue weighted by Gasteiger charge is 2.16. The van der Waals surface area contributed by atoms with Crippen molar-refractivity contribution in [3.8, 4) is 0 Å². The third kappa shape index (κ3) is 3.36. The normalized spacial score (nSPS) is 10.9. The number of fused-ring (bicyclic) bond motifs is 2. The molecule has 0 unspecified atom stereocenters. The van der Waals surface area contributed by atoms with Gasteiger partial charge in [-0.05, 0) is 16.8 Å². The predicted molar refractivity (Wildman–Crippen MR) is 107 cm³/mol. The minimum atomic E-state index is -0.913. The molecule has 1 aromatic heterocycles. The number of carbonyl (C=O) groups excluding carboxylic acids is 1. The third-order valence-electron chi connectivity index (χ3n) is 4.58. The van der Waals surface area contributed by atoms with E-state index >= 15 is 0 Å². The molecule has 3 aromatic carbocycles. The molecular weight excluding hydrogens is 376 g/mol. The SMILES string of the molecule is O=C(NCc1cc([N+](=O)[O-])cc2[nH]c(=O)c(=O)[nH]c12)c1cccc2ccccc12. The first-order chi connectivity index (χ1) is 13.9. The van der Waals surface area contributed by atoms with Gasteiger partial charge < -0.3 is 15.3 Å². The van der Waals surface area contributed by atoms with Crippen molar-refractivity contribution >= 4 is 33.4 Å². The van der Waals surface area contributed by atoms with E-state index in [2.05, 4.69) is 15.3 Å². The van der Waals surface area contributed by atoms with E-state index in [1.807, 2.05) is 30.3 Å². The number of aromatic amines is 2. The maximum absolute atomic E-state index is 12.7. The average molecular weight is 390 g/mol. The molecule has 0 aliphatic heterocycles. The lowest BCUT2D eigenvalue weighted by atomic mass is 10.0. The van der Waals surface area contributed by atoms with Gasteiger partial charge in [0, 0.05) is 29.8 Å². The van der Waals surface area contributed by atoms with Crippen LogP contribution in [0.4, 0.5) is 5.69 Å². The quantitative estimate of drug-likeness (QED) is 0.279. The molecule has 29 heavy (non-hydrogen) atoms. The molecular formula is C20H14N4O5. The summed E-state index contributed by atoms with van der Waals surface area (Å²) in [6.45, 7) is -0.0811. The largest absolute Gasteiger partial charge is 0.348 e. The molecule has 9 nitrogen and oxygen atoms in total. The first kappa shape index (κ1) is 18.1. The zero-order valence-electron chi connectivity index (χ0n) is 14.9. The molecule has 9 heteroatoms. The van der Waals surface area contributed by atoms with Crippen LogP contribution in [-0.2, 0) is 6.54 Å². The first-order valence-corrected chi connectivity index (χ1v) is 8.63. The summed E-state index contributed by atoms with van der Waals surface area (Å²) in [6.07, 6.45) is 0. The highest BCUT2D eigenvalue weighted by Crippen LogP contribution is 2.22. The van der Waals surface area contributed by atoms with E-state index in [-0.39, 0.29) is 29.2 Å². The molecule has 1 amide bonds. The lowest BCUT2D eigenvalue weighted by Crippen LogP contribution is -2.30. The minimum absolute atomic E-state index is 0.0811. The number of amides is 1. The molecule has 4 aromatic rings. The van der Waals surface area contributed by atoms with E-state index in [4.69, 9.17) is 0 Å². The monoisotopic (exact) mass is 390 g/mol. The minimum Gasteiger partial charge on any atom is -0.348 e. The summed E-state index contributed by atoms with van der Waals surface area (Å²) in [6, 6.07) is 15.2. The molecule has 0 aliphatic carbocycles. The van der Waals surface area contributed by atoms with Crippen molar-refractivity contribution in [1.82, 2.24) is 15.3 Å². The van der Waals surface area contributed by atoms with Crippen LogP contribution in [0, 0.1) is 10.1 Å². The summed E-state index contributed by atoms with van der Waals surface area (Å²) in [5.74, 6) is -0.367. The summed E-state index contributed by atoms with van der Waals surface area (Å²) >= 11 is 0. The van der Waals surface area contributed by atoms with Crippen LogP contribution in [0.5, 0.6) is 0 Å². The number of hydrogen-bond acceptors (Lipinski definition) is 5. The van der Waals surface area contributed by atoms with Gasteiger partial charge in [-0.15, -0.1) is 0 Å². The van der Waals surface area contributed by atoms with E-state index in [1.165, 1.54) is 6.07 Å². The molecule has 3 N–H and O–H groups in total. The van der Waals surface area contributed by atoms with E-state index in [1.54, 1.807) is 12.1 Å². The van der Waals surface area contributed by atoms with Crippen molar-refractivity contribution in [2.45, 2.75) is 6.54 Å². The van der Waals surface area contributed by atoms with E-state index in [0.717, 1.165) is 16.8 Å². The zero-order valence-corrected chi connectivity index (χ0v) is 14.9. The molecule has 144 valence electrons. The van der Waals surface area contributed by atoms with Gasteiger partial charge in [-0.1, -0.05) is 36.4 Å². The standard InChI is InChI=1S/C20H14N4O5/c25-18(15-7-3-5-11-4-1-2-6-14(11)15)21-10-12-8-13(24(28)29)9-16-17(12)23-20(27)19(26)22-16/h1-9H,10H2,(H,21,25)(H,22,26)(H,23,27). The van der Waals surface area contributed by atoms with Crippen LogP contribution in [0.2, 0.25) is 0 Å². The van der Waals surface area contributed by atoms with E-state index < -0.39 is 16.0 Å². The number of carbonyl (C=O) groups is 1. The van der Waals surface area contributed by atoms with Crippen molar-refractivity contribution in [3.63, 3.8) is 0 Å². The summed E-state index contributed by atoms with van der Waals surface area (Å²) in [4.78, 5) is 51.3. The van der Waals surface area contributed by atoms with Crippen LogP contribution in [0.15, 0.2) is 64.2 Å². The van der Waals surface area contributed by atoms with Crippen LogP contribution < -0.4 is 16.4 Å². The molecule has 0 saturated heterocycles. The number of nitrogens with zero attached hydrogens (tertiary/aromatic N) is 1. The lowest BCUT2D eigenvalue weighted by molar-refractivity contribution is -0.384. The van der Waals surface area contributed by atoms with Gasteiger partial charge in [0.05, 0.1) is 16.0 Å². The number of rotatable bonds is 4. The molecule has 0 bridgehead atoms. The van der Waals surface area contributed by atoms with Crippen molar-refractivity contribution in [2.24, 2.45) is 0 Å². The van der Waals surface area contributed by atoms with Gasteiger partial charge in [-0.2, -0.15) is 0 Å². The van der Waals surface area contributed by atoms with Crippen molar-refractivity contribution < 1.29 is 9.72 Å². The molecule has 4 rings (SSSR count). The molecule has 0 atom stereocenters. The predicted octanol–water partition coefficient (Wildman–Crippen LogP) is 2.21. The fourth-order valence-electron chi connectivity index (χ4n) is 3.22. The maximum Gasteiger partial charge on any atom is 0.314 e. The van der Waals surface area contributed by atoms with Crippen LogP contribution >= 0.6 is 0 Å². The number of nitro groups is 1. The van der Waals surface area contributed by atoms with E-state index in [9.17, 15) is 24.5 Å². The molecule has 0 fully saturated rings. The van der Waals surface area contributed by atoms with Gasteiger partial charge >= 0.3 is 11.1 Å². The van der Waals surface area contributed by atoms with Crippen LogP contribution in [-0.4, -0.2) is 20.8 Å². The van der Waals surface area contributed by atoms with Crippen LogP contribution in [0.1, 0.15) is 15.9 Å². The zero-order chi connectivity index (χ0) is 20.5. The number of nitro benzene ring substituents is 1. The highest BCUT2D eigenvalue weighted by molar-refractivity contribution is 6.07. The van der Waals surface area contributed by atoms with Gasteiger partial charge in [0.25, 0.3) is 11.6 Å². The van der Waals surface area contributed by atoms with Gasteiger partial charge in [0.2, 0.25) is 0 Å². The van der Waals surface area contributed by atoms with Crippen molar-refractivity contribution in [1.29, 1.82) is 0 Å². The second-order valence-electron chi connectivity index (χ2n) is 6.40. The smallest absolute Gasteiger partial charge is 0.314 e. The Kier molecular flexibility index (Phi) is 4.40. The highest BCUT2D eigenvalue weighted by atomic mass is 16.6. The Morgan fingerprint density at radius 1 is 1.00 bits per heavy atom. The summed E-state index contributed by atoms with van der Waals surface area (Å²) in [5, 5.41) is 15.6. The number of aromatic nitrogens is 2. The summed E-state index contributed by atoms with van der Waals surface area (Å²) < 4.78 is 0. The fraction of sp³-hybridized carbons (Fsp3) is 0.0500.